The van der Waals surface area contributed by atoms with Crippen molar-refractivity contribution in [3.63, 3.8) is 0 Å². The van der Waals surface area contributed by atoms with Gasteiger partial charge in [0.2, 0.25) is 5.91 Å². The summed E-state index contributed by atoms with van der Waals surface area (Å²) in [4.78, 5) is 11.7. The number of nitrogens with zero attached hydrogens (tertiary/aromatic N) is 2. The summed E-state index contributed by atoms with van der Waals surface area (Å²) in [5, 5.41) is 6.95. The zero-order valence-electron chi connectivity index (χ0n) is 10.2. The van der Waals surface area contributed by atoms with Gasteiger partial charge in [0, 0.05) is 25.8 Å². The molecule has 0 saturated carbocycles. The van der Waals surface area contributed by atoms with E-state index in [1.54, 1.807) is 10.9 Å². The monoisotopic (exact) mass is 224 g/mol. The van der Waals surface area contributed by atoms with Crippen molar-refractivity contribution >= 4 is 5.91 Å². The third-order valence-electron chi connectivity index (χ3n) is 2.81. The highest BCUT2D eigenvalue weighted by Crippen LogP contribution is 2.12. The lowest BCUT2D eigenvalue weighted by Crippen LogP contribution is -2.36. The van der Waals surface area contributed by atoms with E-state index in [1.165, 1.54) is 0 Å². The van der Waals surface area contributed by atoms with Crippen molar-refractivity contribution in [3.8, 4) is 0 Å². The Morgan fingerprint density at radius 1 is 1.69 bits per heavy atom. The molecule has 1 amide bonds. The number of amides is 1. The number of aryl methyl sites for hydroxylation is 1. The maximum absolute atomic E-state index is 11.7. The molecule has 1 aromatic heterocycles. The SMILES string of the molecule is CCNC(=O)C(CN)Cc1cnn(C)c1C. The number of carbonyl (C=O) groups is 1. The normalized spacial score (nSPS) is 12.5. The first-order valence-corrected chi connectivity index (χ1v) is 5.55. The van der Waals surface area contributed by atoms with Crippen molar-refractivity contribution in [1.82, 2.24) is 15.1 Å². The quantitative estimate of drug-likeness (QED) is 0.738. The van der Waals surface area contributed by atoms with Gasteiger partial charge in [0.1, 0.15) is 0 Å². The number of hydrogen-bond donors (Lipinski definition) is 2. The molecule has 90 valence electrons. The fourth-order valence-electron chi connectivity index (χ4n) is 1.61. The van der Waals surface area contributed by atoms with Crippen LogP contribution < -0.4 is 11.1 Å². The summed E-state index contributed by atoms with van der Waals surface area (Å²) in [6, 6.07) is 0. The smallest absolute Gasteiger partial charge is 0.224 e. The predicted octanol–water partition coefficient (Wildman–Crippen LogP) is -0.0180. The maximum atomic E-state index is 11.7. The van der Waals surface area contributed by atoms with E-state index in [1.807, 2.05) is 20.9 Å². The summed E-state index contributed by atoms with van der Waals surface area (Å²) in [5.41, 5.74) is 7.79. The van der Waals surface area contributed by atoms with Crippen LogP contribution >= 0.6 is 0 Å². The summed E-state index contributed by atoms with van der Waals surface area (Å²) >= 11 is 0. The minimum absolute atomic E-state index is 0.0215. The molecular formula is C11H20N4O. The topological polar surface area (TPSA) is 72.9 Å². The second-order valence-electron chi connectivity index (χ2n) is 3.91. The molecule has 1 atom stereocenters. The minimum Gasteiger partial charge on any atom is -0.356 e. The van der Waals surface area contributed by atoms with Crippen molar-refractivity contribution in [1.29, 1.82) is 0 Å². The Labute approximate surface area is 96.0 Å². The van der Waals surface area contributed by atoms with Gasteiger partial charge in [0.05, 0.1) is 12.1 Å². The summed E-state index contributed by atoms with van der Waals surface area (Å²) in [5.74, 6) is -0.142. The van der Waals surface area contributed by atoms with Gasteiger partial charge in [-0.2, -0.15) is 5.10 Å². The maximum Gasteiger partial charge on any atom is 0.224 e. The average molecular weight is 224 g/mol. The van der Waals surface area contributed by atoms with Crippen LogP contribution in [-0.4, -0.2) is 28.8 Å². The lowest BCUT2D eigenvalue weighted by atomic mass is 9.99. The van der Waals surface area contributed by atoms with Gasteiger partial charge in [-0.05, 0) is 25.8 Å². The van der Waals surface area contributed by atoms with E-state index < -0.39 is 0 Å². The van der Waals surface area contributed by atoms with Crippen LogP contribution in [0, 0.1) is 12.8 Å². The second kappa shape index (κ2) is 5.65. The zero-order chi connectivity index (χ0) is 12.1. The molecule has 0 aliphatic heterocycles. The van der Waals surface area contributed by atoms with Gasteiger partial charge >= 0.3 is 0 Å². The molecule has 3 N–H and O–H groups in total. The van der Waals surface area contributed by atoms with Gasteiger partial charge < -0.3 is 11.1 Å². The second-order valence-corrected chi connectivity index (χ2v) is 3.91. The molecule has 0 radical (unpaired) electrons. The molecule has 0 bridgehead atoms. The van der Waals surface area contributed by atoms with Crippen molar-refractivity contribution in [3.05, 3.63) is 17.5 Å². The molecule has 0 saturated heterocycles. The average Bonchev–Trinajstić information content (AvgIpc) is 2.57. The summed E-state index contributed by atoms with van der Waals surface area (Å²) < 4.78 is 1.81. The first kappa shape index (κ1) is 12.7. The molecule has 5 nitrogen and oxygen atoms in total. The molecule has 0 aliphatic rings. The van der Waals surface area contributed by atoms with Crippen LogP contribution in [0.25, 0.3) is 0 Å². The first-order valence-electron chi connectivity index (χ1n) is 5.55. The van der Waals surface area contributed by atoms with Crippen LogP contribution in [0.15, 0.2) is 6.20 Å². The lowest BCUT2D eigenvalue weighted by Gasteiger charge is -2.13. The van der Waals surface area contributed by atoms with Crippen LogP contribution in [0.2, 0.25) is 0 Å². The molecule has 1 heterocycles. The van der Waals surface area contributed by atoms with Crippen molar-refractivity contribution < 1.29 is 4.79 Å². The van der Waals surface area contributed by atoms with Gasteiger partial charge in [0.25, 0.3) is 0 Å². The van der Waals surface area contributed by atoms with Gasteiger partial charge in [-0.1, -0.05) is 0 Å². The standard InChI is InChI=1S/C11H20N4O/c1-4-13-11(16)9(6-12)5-10-7-14-15(3)8(10)2/h7,9H,4-6,12H2,1-3H3,(H,13,16). The van der Waals surface area contributed by atoms with Gasteiger partial charge in [-0.3, -0.25) is 9.48 Å². The number of aromatic nitrogens is 2. The molecule has 1 rings (SSSR count). The van der Waals surface area contributed by atoms with Gasteiger partial charge in [-0.25, -0.2) is 0 Å². The van der Waals surface area contributed by atoms with Gasteiger partial charge in [-0.15, -0.1) is 0 Å². The van der Waals surface area contributed by atoms with Crippen molar-refractivity contribution in [2.75, 3.05) is 13.1 Å². The Kier molecular flexibility index (Phi) is 4.49. The van der Waals surface area contributed by atoms with Gasteiger partial charge in [0.15, 0.2) is 0 Å². The van der Waals surface area contributed by atoms with Crippen LogP contribution in [0.5, 0.6) is 0 Å². The molecule has 1 unspecified atom stereocenters. The molecule has 16 heavy (non-hydrogen) atoms. The third-order valence-corrected chi connectivity index (χ3v) is 2.81. The van der Waals surface area contributed by atoms with Crippen molar-refractivity contribution in [2.24, 2.45) is 18.7 Å². The Balaban J connectivity index is 2.70. The van der Waals surface area contributed by atoms with E-state index in [4.69, 9.17) is 5.73 Å². The molecule has 0 aliphatic carbocycles. The van der Waals surface area contributed by atoms with E-state index in [2.05, 4.69) is 10.4 Å². The van der Waals surface area contributed by atoms with Crippen LogP contribution in [0.4, 0.5) is 0 Å². The molecule has 1 aromatic rings. The Hall–Kier alpha value is -1.36. The summed E-state index contributed by atoms with van der Waals surface area (Å²) in [7, 11) is 1.89. The number of rotatable bonds is 5. The molecule has 5 heteroatoms. The van der Waals surface area contributed by atoms with E-state index in [9.17, 15) is 4.79 Å². The fraction of sp³-hybridized carbons (Fsp3) is 0.636. The predicted molar refractivity (Wildman–Crippen MR) is 62.9 cm³/mol. The minimum atomic E-state index is -0.164. The van der Waals surface area contributed by atoms with E-state index in [-0.39, 0.29) is 11.8 Å². The number of carbonyl (C=O) groups excluding carboxylic acids is 1. The van der Waals surface area contributed by atoms with Crippen LogP contribution in [0.3, 0.4) is 0 Å². The van der Waals surface area contributed by atoms with Crippen LogP contribution in [0.1, 0.15) is 18.2 Å². The zero-order valence-corrected chi connectivity index (χ0v) is 10.2. The fourth-order valence-corrected chi connectivity index (χ4v) is 1.61. The number of hydrogen-bond acceptors (Lipinski definition) is 3. The first-order chi connectivity index (χ1) is 7.60. The third kappa shape index (κ3) is 2.82. The van der Waals surface area contributed by atoms with Crippen LogP contribution in [-0.2, 0) is 18.3 Å². The largest absolute Gasteiger partial charge is 0.356 e. The van der Waals surface area contributed by atoms with E-state index in [0.29, 0.717) is 19.5 Å². The molecular weight excluding hydrogens is 204 g/mol. The Morgan fingerprint density at radius 3 is 2.81 bits per heavy atom. The highest BCUT2D eigenvalue weighted by Gasteiger charge is 2.18. The lowest BCUT2D eigenvalue weighted by molar-refractivity contribution is -0.124. The Bertz CT molecular complexity index is 359. The highest BCUT2D eigenvalue weighted by molar-refractivity contribution is 5.79. The van der Waals surface area contributed by atoms with E-state index >= 15 is 0 Å². The molecule has 0 aromatic carbocycles. The highest BCUT2D eigenvalue weighted by atomic mass is 16.1. The Morgan fingerprint density at radius 2 is 2.38 bits per heavy atom. The van der Waals surface area contributed by atoms with E-state index in [0.717, 1.165) is 11.3 Å². The summed E-state index contributed by atoms with van der Waals surface area (Å²) in [6.45, 7) is 4.90. The molecule has 0 spiro atoms. The molecule has 0 fully saturated rings. The number of nitrogens with two attached hydrogens (primary N) is 1. The number of nitrogens with one attached hydrogen (secondary N) is 1. The summed E-state index contributed by atoms with van der Waals surface area (Å²) in [6.07, 6.45) is 2.46. The van der Waals surface area contributed by atoms with Crippen molar-refractivity contribution in [2.45, 2.75) is 20.3 Å².